The van der Waals surface area contributed by atoms with Crippen molar-refractivity contribution in [2.45, 2.75) is 31.8 Å². The van der Waals surface area contributed by atoms with Crippen LogP contribution < -0.4 is 5.73 Å². The van der Waals surface area contributed by atoms with Gasteiger partial charge in [-0.25, -0.2) is 4.98 Å². The van der Waals surface area contributed by atoms with E-state index >= 15 is 0 Å². The Morgan fingerprint density at radius 1 is 1.26 bits per heavy atom. The van der Waals surface area contributed by atoms with E-state index in [1.54, 1.807) is 0 Å². The van der Waals surface area contributed by atoms with Crippen LogP contribution in [0.25, 0.3) is 0 Å². The highest BCUT2D eigenvalue weighted by Crippen LogP contribution is 2.27. The van der Waals surface area contributed by atoms with Crippen LogP contribution in [-0.4, -0.2) is 43.6 Å². The molecular formula is C19H22N6O2. The van der Waals surface area contributed by atoms with Gasteiger partial charge in [0.05, 0.1) is 6.54 Å². The van der Waals surface area contributed by atoms with Crippen molar-refractivity contribution in [1.29, 1.82) is 0 Å². The Kier molecular flexibility index (Phi) is 4.97. The summed E-state index contributed by atoms with van der Waals surface area (Å²) in [5, 5.41) is 3.61. The summed E-state index contributed by atoms with van der Waals surface area (Å²) in [5.74, 6) is 1.11. The number of rotatable bonds is 6. The molecule has 4 rings (SSSR count). The minimum absolute atomic E-state index is 0.0723. The average Bonchev–Trinajstić information content (AvgIpc) is 3.32. The third-order valence-corrected chi connectivity index (χ3v) is 4.86. The number of hydrogen-bond acceptors (Lipinski definition) is 6. The maximum atomic E-state index is 11.1. The zero-order chi connectivity index (χ0) is 18.6. The lowest BCUT2D eigenvalue weighted by Crippen LogP contribution is -2.35. The third-order valence-electron chi connectivity index (χ3n) is 4.86. The number of carbonyl (C=O) groups is 1. The molecule has 1 amide bonds. The Morgan fingerprint density at radius 2 is 2.11 bits per heavy atom. The minimum Gasteiger partial charge on any atom is -0.363 e. The van der Waals surface area contributed by atoms with Crippen LogP contribution in [0.5, 0.6) is 0 Å². The lowest BCUT2D eigenvalue weighted by Gasteiger charge is -2.31. The van der Waals surface area contributed by atoms with Crippen molar-refractivity contribution in [3.63, 3.8) is 0 Å². The highest BCUT2D eigenvalue weighted by Gasteiger charge is 2.26. The summed E-state index contributed by atoms with van der Waals surface area (Å²) in [6, 6.07) is 10.4. The second kappa shape index (κ2) is 7.71. The Labute approximate surface area is 157 Å². The number of hydrogen-bond donors (Lipinski definition) is 1. The molecule has 3 heterocycles. The van der Waals surface area contributed by atoms with Gasteiger partial charge >= 0.3 is 0 Å². The second-order valence-corrected chi connectivity index (χ2v) is 6.85. The number of imidazole rings is 1. The molecule has 1 aliphatic heterocycles. The number of piperidine rings is 1. The summed E-state index contributed by atoms with van der Waals surface area (Å²) in [5.41, 5.74) is 6.44. The predicted octanol–water partition coefficient (Wildman–Crippen LogP) is 1.79. The van der Waals surface area contributed by atoms with Crippen LogP contribution in [0.3, 0.4) is 0 Å². The lowest BCUT2D eigenvalue weighted by atomic mass is 9.97. The molecule has 8 nitrogen and oxygen atoms in total. The van der Waals surface area contributed by atoms with Crippen LogP contribution in [0.4, 0.5) is 0 Å². The van der Waals surface area contributed by atoms with E-state index in [0.29, 0.717) is 18.4 Å². The molecule has 0 radical (unpaired) electrons. The average molecular weight is 366 g/mol. The van der Waals surface area contributed by atoms with Crippen molar-refractivity contribution in [3.05, 3.63) is 65.8 Å². The van der Waals surface area contributed by atoms with E-state index in [1.165, 1.54) is 5.56 Å². The monoisotopic (exact) mass is 366 g/mol. The van der Waals surface area contributed by atoms with Crippen molar-refractivity contribution in [3.8, 4) is 0 Å². The Hall–Kier alpha value is -3.00. The smallest absolute Gasteiger partial charge is 0.290 e. The first-order valence-electron chi connectivity index (χ1n) is 9.09. The molecule has 3 aromatic rings. The molecule has 2 N–H and O–H groups in total. The number of nitrogens with two attached hydrogens (primary N) is 1. The first-order chi connectivity index (χ1) is 13.2. The molecule has 1 aliphatic rings. The number of likely N-dealkylation sites (tertiary alicyclic amines) is 1. The van der Waals surface area contributed by atoms with Crippen LogP contribution in [0, 0.1) is 0 Å². The van der Waals surface area contributed by atoms with E-state index in [9.17, 15) is 4.79 Å². The number of nitrogens with zero attached hydrogens (tertiary/aromatic N) is 5. The van der Waals surface area contributed by atoms with Gasteiger partial charge in [0.15, 0.2) is 0 Å². The number of amides is 1. The number of primary amides is 1. The summed E-state index contributed by atoms with van der Waals surface area (Å²) in [4.78, 5) is 22.1. The Bertz CT molecular complexity index is 904. The first-order valence-corrected chi connectivity index (χ1v) is 9.09. The van der Waals surface area contributed by atoms with Crippen LogP contribution in [0.15, 0.2) is 47.2 Å². The summed E-state index contributed by atoms with van der Waals surface area (Å²) in [6.45, 7) is 3.14. The fraction of sp³-hybridized carbons (Fsp3) is 0.368. The van der Waals surface area contributed by atoms with Gasteiger partial charge in [0.25, 0.3) is 11.7 Å². The molecule has 0 unspecified atom stereocenters. The normalized spacial score (nSPS) is 17.9. The van der Waals surface area contributed by atoms with Gasteiger partial charge in [-0.1, -0.05) is 35.5 Å². The van der Waals surface area contributed by atoms with Crippen LogP contribution in [0.1, 0.15) is 46.7 Å². The predicted molar refractivity (Wildman–Crippen MR) is 97.8 cm³/mol. The largest absolute Gasteiger partial charge is 0.363 e. The molecule has 8 heteroatoms. The summed E-state index contributed by atoms with van der Waals surface area (Å²) in [6.07, 6.45) is 6.07. The zero-order valence-electron chi connectivity index (χ0n) is 15.0. The minimum atomic E-state index is -0.676. The van der Waals surface area contributed by atoms with E-state index in [1.807, 2.05) is 18.5 Å². The molecular weight excluding hydrogens is 344 g/mol. The first kappa shape index (κ1) is 17.4. The van der Waals surface area contributed by atoms with E-state index in [-0.39, 0.29) is 5.82 Å². The molecule has 1 saturated heterocycles. The summed E-state index contributed by atoms with van der Waals surface area (Å²) < 4.78 is 7.36. The van der Waals surface area contributed by atoms with Crippen molar-refractivity contribution < 1.29 is 9.32 Å². The molecule has 0 bridgehead atoms. The van der Waals surface area contributed by atoms with Gasteiger partial charge in [-0.3, -0.25) is 9.69 Å². The Morgan fingerprint density at radius 3 is 2.89 bits per heavy atom. The molecule has 0 spiro atoms. The maximum Gasteiger partial charge on any atom is 0.290 e. The highest BCUT2D eigenvalue weighted by atomic mass is 16.5. The van der Waals surface area contributed by atoms with Crippen LogP contribution in [-0.2, 0) is 13.1 Å². The Balaban J connectivity index is 1.44. The summed E-state index contributed by atoms with van der Waals surface area (Å²) in [7, 11) is 0. The van der Waals surface area contributed by atoms with Gasteiger partial charge in [-0.05, 0) is 24.9 Å². The van der Waals surface area contributed by atoms with Crippen LogP contribution >= 0.6 is 0 Å². The van der Waals surface area contributed by atoms with Gasteiger partial charge in [0, 0.05) is 31.4 Å². The van der Waals surface area contributed by atoms with Gasteiger partial charge in [-0.2, -0.15) is 4.98 Å². The van der Waals surface area contributed by atoms with Gasteiger partial charge in [0.2, 0.25) is 5.89 Å². The number of benzene rings is 1. The highest BCUT2D eigenvalue weighted by molar-refractivity contribution is 5.88. The SMILES string of the molecule is NC(=O)c1noc(CN2CCC[C@H](c3nccn3Cc3ccccc3)C2)n1. The topological polar surface area (TPSA) is 103 Å². The number of carbonyl (C=O) groups excluding carboxylic acids is 1. The molecule has 0 saturated carbocycles. The molecule has 2 aromatic heterocycles. The molecule has 1 fully saturated rings. The number of aromatic nitrogens is 4. The van der Waals surface area contributed by atoms with E-state index < -0.39 is 5.91 Å². The lowest BCUT2D eigenvalue weighted by molar-refractivity contribution is 0.0987. The maximum absolute atomic E-state index is 11.1. The molecule has 0 aliphatic carbocycles. The fourth-order valence-electron chi connectivity index (χ4n) is 3.61. The fourth-order valence-corrected chi connectivity index (χ4v) is 3.61. The molecule has 1 atom stereocenters. The van der Waals surface area contributed by atoms with Crippen molar-refractivity contribution in [1.82, 2.24) is 24.6 Å². The van der Waals surface area contributed by atoms with Crippen LogP contribution in [0.2, 0.25) is 0 Å². The van der Waals surface area contributed by atoms with Crippen molar-refractivity contribution in [2.24, 2.45) is 5.73 Å². The summed E-state index contributed by atoms with van der Waals surface area (Å²) >= 11 is 0. The zero-order valence-corrected chi connectivity index (χ0v) is 15.0. The van der Waals surface area contributed by atoms with Crippen molar-refractivity contribution >= 4 is 5.91 Å². The molecule has 140 valence electrons. The van der Waals surface area contributed by atoms with E-state index in [2.05, 4.69) is 48.9 Å². The van der Waals surface area contributed by atoms with Gasteiger partial charge in [-0.15, -0.1) is 0 Å². The van der Waals surface area contributed by atoms with Gasteiger partial charge < -0.3 is 14.8 Å². The standard InChI is InChI=1S/C19H22N6O2/c20-17(26)18-22-16(27-23-18)13-24-9-4-7-15(12-24)19-21-8-10-25(19)11-14-5-2-1-3-6-14/h1-3,5-6,8,10,15H,4,7,9,11-13H2,(H2,20,26)/t15-/m0/s1. The molecule has 1 aromatic carbocycles. The second-order valence-electron chi connectivity index (χ2n) is 6.85. The molecule has 27 heavy (non-hydrogen) atoms. The van der Waals surface area contributed by atoms with E-state index in [0.717, 1.165) is 38.3 Å². The van der Waals surface area contributed by atoms with Crippen molar-refractivity contribution in [2.75, 3.05) is 13.1 Å². The van der Waals surface area contributed by atoms with E-state index in [4.69, 9.17) is 10.3 Å². The quantitative estimate of drug-likeness (QED) is 0.713. The van der Waals surface area contributed by atoms with Gasteiger partial charge in [0.1, 0.15) is 5.82 Å². The third kappa shape index (κ3) is 4.06.